The van der Waals surface area contributed by atoms with Crippen LogP contribution in [0, 0.1) is 0 Å². The van der Waals surface area contributed by atoms with Gasteiger partial charge in [-0.05, 0) is 52.9 Å². The number of aromatic amines is 1. The van der Waals surface area contributed by atoms with Crippen molar-refractivity contribution in [2.75, 3.05) is 27.1 Å². The maximum absolute atomic E-state index is 5.99. The Kier molecular flexibility index (Phi) is 6.61. The Labute approximate surface area is 192 Å². The molecule has 6 heteroatoms. The Hall–Kier alpha value is -3.51. The second-order valence-electron chi connectivity index (χ2n) is 7.48. The first-order valence-electron chi connectivity index (χ1n) is 10.3. The van der Waals surface area contributed by atoms with Gasteiger partial charge in [0.25, 0.3) is 0 Å². The largest absolute Gasteiger partial charge is 0.497 e. The molecule has 5 nitrogen and oxygen atoms in total. The van der Waals surface area contributed by atoms with Crippen molar-refractivity contribution in [2.24, 2.45) is 0 Å². The molecule has 1 atom stereocenters. The number of hydrogen-bond donors (Lipinski definition) is 1. The molecule has 0 radical (unpaired) electrons. The van der Waals surface area contributed by atoms with E-state index in [0.717, 1.165) is 40.5 Å². The van der Waals surface area contributed by atoms with Crippen LogP contribution in [0.25, 0.3) is 11.1 Å². The van der Waals surface area contributed by atoms with E-state index in [1.165, 1.54) is 22.5 Å². The van der Waals surface area contributed by atoms with Crippen LogP contribution in [-0.4, -0.2) is 21.3 Å². The predicted octanol–water partition coefficient (Wildman–Crippen LogP) is 5.21. The summed E-state index contributed by atoms with van der Waals surface area (Å²) in [4.78, 5) is 3.32. The molecule has 0 aliphatic rings. The molecule has 0 bridgehead atoms. The Balaban J connectivity index is 1.60. The van der Waals surface area contributed by atoms with Gasteiger partial charge in [-0.15, -0.1) is 0 Å². The first-order valence-corrected chi connectivity index (χ1v) is 11.2. The number of benzene rings is 3. The standard InChI is InChI=1S/C26H26N2O3S/c1-29-21-11-8-19(9-12-21)22(23-16-32-26(27)28-23)14-17-4-6-18(7-5-17)20-10-13-24(30-2)25(15-20)31-3/h4-13,15-16,22H,14H2,1-3H3,(H2,27,28)/p+1. The quantitative estimate of drug-likeness (QED) is 0.403. The molecular formula is C26H27N2O3S+. The molecule has 4 aromatic rings. The fourth-order valence-electron chi connectivity index (χ4n) is 3.83. The average Bonchev–Trinajstić information content (AvgIpc) is 3.28. The van der Waals surface area contributed by atoms with E-state index < -0.39 is 0 Å². The van der Waals surface area contributed by atoms with E-state index in [1.54, 1.807) is 21.3 Å². The molecule has 4 rings (SSSR count). The van der Waals surface area contributed by atoms with Crippen molar-refractivity contribution in [1.82, 2.24) is 0 Å². The summed E-state index contributed by atoms with van der Waals surface area (Å²) in [5, 5.41) is 2.81. The van der Waals surface area contributed by atoms with Crippen LogP contribution >= 0.6 is 11.3 Å². The van der Waals surface area contributed by atoms with Gasteiger partial charge in [-0.3, -0.25) is 5.73 Å². The number of thiazole rings is 1. The summed E-state index contributed by atoms with van der Waals surface area (Å²) in [6.07, 6.45) is 0.852. The smallest absolute Gasteiger partial charge is 0.329 e. The molecule has 1 unspecified atom stereocenters. The van der Waals surface area contributed by atoms with E-state index in [0.29, 0.717) is 5.13 Å². The fourth-order valence-corrected chi connectivity index (χ4v) is 4.48. The topological polar surface area (TPSA) is 67.8 Å². The Bertz CT molecular complexity index is 1170. The van der Waals surface area contributed by atoms with Gasteiger partial charge in [-0.1, -0.05) is 53.8 Å². The molecule has 0 spiro atoms. The summed E-state index contributed by atoms with van der Waals surface area (Å²) in [6.45, 7) is 0. The van der Waals surface area contributed by atoms with Gasteiger partial charge in [0.2, 0.25) is 0 Å². The number of hydrogen-bond acceptors (Lipinski definition) is 5. The highest BCUT2D eigenvalue weighted by Gasteiger charge is 2.20. The fraction of sp³-hybridized carbons (Fsp3) is 0.192. The van der Waals surface area contributed by atoms with Crippen molar-refractivity contribution < 1.29 is 19.2 Å². The van der Waals surface area contributed by atoms with Crippen molar-refractivity contribution in [2.45, 2.75) is 12.3 Å². The van der Waals surface area contributed by atoms with Gasteiger partial charge >= 0.3 is 5.13 Å². The minimum absolute atomic E-state index is 0.168. The number of H-pyrrole nitrogens is 1. The van der Waals surface area contributed by atoms with Gasteiger partial charge in [-0.25, -0.2) is 4.98 Å². The number of nitrogen functional groups attached to an aromatic ring is 1. The Morgan fingerprint density at radius 1 is 0.812 bits per heavy atom. The molecule has 164 valence electrons. The Morgan fingerprint density at radius 2 is 1.50 bits per heavy atom. The van der Waals surface area contributed by atoms with Crippen molar-refractivity contribution in [3.63, 3.8) is 0 Å². The van der Waals surface area contributed by atoms with Crippen LogP contribution in [0.2, 0.25) is 0 Å². The Morgan fingerprint density at radius 3 is 2.09 bits per heavy atom. The lowest BCUT2D eigenvalue weighted by atomic mass is 9.89. The third-order valence-corrected chi connectivity index (χ3v) is 6.31. The number of aromatic nitrogens is 1. The summed E-state index contributed by atoms with van der Waals surface area (Å²) in [5.41, 5.74) is 11.8. The summed E-state index contributed by atoms with van der Waals surface area (Å²) in [5.74, 6) is 2.46. The number of nitrogens with two attached hydrogens (primary N) is 1. The van der Waals surface area contributed by atoms with Gasteiger partial charge in [0, 0.05) is 5.38 Å². The molecule has 3 N–H and O–H groups in total. The average molecular weight is 448 g/mol. The molecule has 0 aliphatic heterocycles. The highest BCUT2D eigenvalue weighted by molar-refractivity contribution is 7.13. The third-order valence-electron chi connectivity index (χ3n) is 5.58. The van der Waals surface area contributed by atoms with E-state index in [1.807, 2.05) is 30.3 Å². The zero-order valence-electron chi connectivity index (χ0n) is 18.4. The monoisotopic (exact) mass is 447 g/mol. The second kappa shape index (κ2) is 9.75. The van der Waals surface area contributed by atoms with Crippen LogP contribution in [0.4, 0.5) is 5.13 Å². The van der Waals surface area contributed by atoms with Crippen molar-refractivity contribution in [3.05, 3.63) is 88.9 Å². The van der Waals surface area contributed by atoms with E-state index in [4.69, 9.17) is 19.9 Å². The number of ether oxygens (including phenoxy) is 3. The number of nitrogens with one attached hydrogen (secondary N) is 1. The van der Waals surface area contributed by atoms with Crippen LogP contribution < -0.4 is 24.9 Å². The zero-order valence-corrected chi connectivity index (χ0v) is 19.2. The van der Waals surface area contributed by atoms with E-state index in [9.17, 15) is 0 Å². The zero-order chi connectivity index (χ0) is 22.5. The van der Waals surface area contributed by atoms with Crippen LogP contribution in [0.1, 0.15) is 22.7 Å². The summed E-state index contributed by atoms with van der Waals surface area (Å²) in [7, 11) is 4.97. The highest BCUT2D eigenvalue weighted by atomic mass is 32.1. The molecule has 3 aromatic carbocycles. The van der Waals surface area contributed by atoms with Gasteiger partial charge in [0.05, 0.1) is 27.2 Å². The lowest BCUT2D eigenvalue weighted by Crippen LogP contribution is -2.17. The summed E-state index contributed by atoms with van der Waals surface area (Å²) >= 11 is 1.53. The number of anilines is 1. The normalized spacial score (nSPS) is 11.7. The molecule has 1 aromatic heterocycles. The van der Waals surface area contributed by atoms with Crippen LogP contribution in [0.15, 0.2) is 72.1 Å². The second-order valence-corrected chi connectivity index (χ2v) is 8.39. The van der Waals surface area contributed by atoms with E-state index >= 15 is 0 Å². The number of methoxy groups -OCH3 is 3. The van der Waals surface area contributed by atoms with E-state index in [-0.39, 0.29) is 5.92 Å². The van der Waals surface area contributed by atoms with Crippen LogP contribution in [0.5, 0.6) is 17.2 Å². The molecule has 0 saturated carbocycles. The predicted molar refractivity (Wildman–Crippen MR) is 129 cm³/mol. The minimum atomic E-state index is 0.168. The lowest BCUT2D eigenvalue weighted by molar-refractivity contribution is -0.368. The highest BCUT2D eigenvalue weighted by Crippen LogP contribution is 2.33. The summed E-state index contributed by atoms with van der Waals surface area (Å²) < 4.78 is 16.1. The lowest BCUT2D eigenvalue weighted by Gasteiger charge is -2.15. The van der Waals surface area contributed by atoms with Crippen LogP contribution in [-0.2, 0) is 6.42 Å². The van der Waals surface area contributed by atoms with Gasteiger partial charge < -0.3 is 14.2 Å². The SMILES string of the molecule is COc1ccc(C(Cc2ccc(-c3ccc(OC)c(OC)c3)cc2)c2csc(N)[nH+]2)cc1. The number of rotatable bonds is 8. The van der Waals surface area contributed by atoms with Crippen molar-refractivity contribution in [1.29, 1.82) is 0 Å². The minimum Gasteiger partial charge on any atom is -0.497 e. The molecule has 0 amide bonds. The molecule has 0 saturated heterocycles. The first-order chi connectivity index (χ1) is 15.6. The molecule has 0 aliphatic carbocycles. The van der Waals surface area contributed by atoms with Crippen LogP contribution in [0.3, 0.4) is 0 Å². The molecule has 1 heterocycles. The van der Waals surface area contributed by atoms with Gasteiger partial charge in [-0.2, -0.15) is 0 Å². The molecular weight excluding hydrogens is 420 g/mol. The first kappa shape index (κ1) is 21.7. The van der Waals surface area contributed by atoms with Gasteiger partial charge in [0.15, 0.2) is 11.5 Å². The summed E-state index contributed by atoms with van der Waals surface area (Å²) in [6, 6.07) is 22.8. The van der Waals surface area contributed by atoms with Crippen molar-refractivity contribution in [3.8, 4) is 28.4 Å². The third kappa shape index (κ3) is 4.70. The molecule has 32 heavy (non-hydrogen) atoms. The molecule has 0 fully saturated rings. The maximum atomic E-state index is 5.99. The maximum Gasteiger partial charge on any atom is 0.329 e. The van der Waals surface area contributed by atoms with E-state index in [2.05, 4.69) is 46.8 Å². The van der Waals surface area contributed by atoms with Gasteiger partial charge in [0.1, 0.15) is 11.4 Å². The van der Waals surface area contributed by atoms with Crippen molar-refractivity contribution >= 4 is 16.5 Å².